The average molecular weight is 252 g/mol. The van der Waals surface area contributed by atoms with Gasteiger partial charge in [0, 0.05) is 25.2 Å². The molecule has 0 amide bonds. The number of carbonyl (C=O) groups excluding carboxylic acids is 1. The van der Waals surface area contributed by atoms with E-state index in [1.54, 1.807) is 12.1 Å². The summed E-state index contributed by atoms with van der Waals surface area (Å²) < 4.78 is 4.55. The van der Waals surface area contributed by atoms with Gasteiger partial charge in [-0.25, -0.2) is 0 Å². The van der Waals surface area contributed by atoms with E-state index < -0.39 is 4.92 Å². The number of carbonyl (C=O) groups is 1. The molecular formula is C12H16N2O4. The summed E-state index contributed by atoms with van der Waals surface area (Å²) in [5.74, 6) is -0.245. The van der Waals surface area contributed by atoms with Gasteiger partial charge in [0.1, 0.15) is 0 Å². The third-order valence-electron chi connectivity index (χ3n) is 2.52. The zero-order chi connectivity index (χ0) is 13.5. The van der Waals surface area contributed by atoms with Crippen LogP contribution in [0.4, 0.5) is 5.69 Å². The van der Waals surface area contributed by atoms with Gasteiger partial charge in [0.2, 0.25) is 0 Å². The molecule has 0 saturated heterocycles. The Balaban J connectivity index is 2.46. The molecule has 0 bridgehead atoms. The molecule has 0 saturated carbocycles. The van der Waals surface area contributed by atoms with Crippen LogP contribution < -0.4 is 0 Å². The summed E-state index contributed by atoms with van der Waals surface area (Å²) >= 11 is 0. The van der Waals surface area contributed by atoms with E-state index in [2.05, 4.69) is 4.74 Å². The number of nitro groups is 1. The maximum atomic E-state index is 11.0. The number of rotatable bonds is 6. The molecule has 6 heteroatoms. The molecule has 0 aliphatic rings. The van der Waals surface area contributed by atoms with Crippen molar-refractivity contribution in [1.29, 1.82) is 0 Å². The third kappa shape index (κ3) is 4.50. The van der Waals surface area contributed by atoms with Crippen LogP contribution in [-0.2, 0) is 16.1 Å². The summed E-state index contributed by atoms with van der Waals surface area (Å²) in [5, 5.41) is 10.5. The Kier molecular flexibility index (Phi) is 5.26. The van der Waals surface area contributed by atoms with E-state index in [-0.39, 0.29) is 11.7 Å². The van der Waals surface area contributed by atoms with Gasteiger partial charge < -0.3 is 9.64 Å². The Bertz CT molecular complexity index is 417. The molecule has 0 aliphatic heterocycles. The van der Waals surface area contributed by atoms with Crippen molar-refractivity contribution >= 4 is 11.7 Å². The fourth-order valence-electron chi connectivity index (χ4n) is 1.50. The van der Waals surface area contributed by atoms with Crippen molar-refractivity contribution in [3.8, 4) is 0 Å². The number of nitro benzene ring substituents is 1. The second kappa shape index (κ2) is 6.70. The highest BCUT2D eigenvalue weighted by Crippen LogP contribution is 2.13. The first-order chi connectivity index (χ1) is 8.52. The zero-order valence-corrected chi connectivity index (χ0v) is 10.5. The number of ether oxygens (including phenoxy) is 1. The lowest BCUT2D eigenvalue weighted by Gasteiger charge is -2.15. The molecule has 98 valence electrons. The first-order valence-corrected chi connectivity index (χ1v) is 5.51. The van der Waals surface area contributed by atoms with Crippen molar-refractivity contribution in [1.82, 2.24) is 4.90 Å². The monoisotopic (exact) mass is 252 g/mol. The van der Waals surface area contributed by atoms with E-state index in [9.17, 15) is 14.9 Å². The van der Waals surface area contributed by atoms with Gasteiger partial charge in [0.15, 0.2) is 0 Å². The van der Waals surface area contributed by atoms with Crippen LogP contribution in [0.1, 0.15) is 12.0 Å². The Morgan fingerprint density at radius 3 is 2.50 bits per heavy atom. The van der Waals surface area contributed by atoms with Gasteiger partial charge in [-0.2, -0.15) is 0 Å². The lowest BCUT2D eigenvalue weighted by molar-refractivity contribution is -0.384. The Labute approximate surface area is 105 Å². The first kappa shape index (κ1) is 14.1. The average Bonchev–Trinajstić information content (AvgIpc) is 2.36. The van der Waals surface area contributed by atoms with Crippen LogP contribution >= 0.6 is 0 Å². The lowest BCUT2D eigenvalue weighted by Crippen LogP contribution is -2.21. The molecule has 1 rings (SSSR count). The maximum absolute atomic E-state index is 11.0. The fourth-order valence-corrected chi connectivity index (χ4v) is 1.50. The van der Waals surface area contributed by atoms with Crippen molar-refractivity contribution in [3.63, 3.8) is 0 Å². The van der Waals surface area contributed by atoms with E-state index in [0.717, 1.165) is 5.56 Å². The second-order valence-electron chi connectivity index (χ2n) is 3.99. The minimum Gasteiger partial charge on any atom is -0.469 e. The molecule has 0 unspecified atom stereocenters. The molecule has 0 aromatic heterocycles. The fraction of sp³-hybridized carbons (Fsp3) is 0.417. The summed E-state index contributed by atoms with van der Waals surface area (Å²) in [6.07, 6.45) is 0.333. The molecule has 6 nitrogen and oxygen atoms in total. The van der Waals surface area contributed by atoms with Gasteiger partial charge in [-0.05, 0) is 12.6 Å². The third-order valence-corrected chi connectivity index (χ3v) is 2.52. The van der Waals surface area contributed by atoms with Gasteiger partial charge in [0.05, 0.1) is 18.5 Å². The molecule has 0 spiro atoms. The van der Waals surface area contributed by atoms with Gasteiger partial charge >= 0.3 is 5.97 Å². The summed E-state index contributed by atoms with van der Waals surface area (Å²) in [6, 6.07) is 6.38. The van der Waals surface area contributed by atoms with Crippen LogP contribution in [0.5, 0.6) is 0 Å². The molecule has 18 heavy (non-hydrogen) atoms. The number of hydrogen-bond acceptors (Lipinski definition) is 5. The van der Waals surface area contributed by atoms with Crippen LogP contribution in [-0.4, -0.2) is 36.5 Å². The Hall–Kier alpha value is -1.95. The number of benzene rings is 1. The summed E-state index contributed by atoms with van der Waals surface area (Å²) in [7, 11) is 3.24. The van der Waals surface area contributed by atoms with Crippen LogP contribution in [0, 0.1) is 10.1 Å². The quantitative estimate of drug-likeness (QED) is 0.436. The number of hydrogen-bond donors (Lipinski definition) is 0. The molecular weight excluding hydrogens is 236 g/mol. The predicted molar refractivity (Wildman–Crippen MR) is 66.1 cm³/mol. The zero-order valence-electron chi connectivity index (χ0n) is 10.5. The van der Waals surface area contributed by atoms with E-state index in [1.165, 1.54) is 19.2 Å². The number of esters is 1. The summed E-state index contributed by atoms with van der Waals surface area (Å²) in [5.41, 5.74) is 1.05. The van der Waals surface area contributed by atoms with E-state index in [1.807, 2.05) is 11.9 Å². The number of nitrogens with zero attached hydrogens (tertiary/aromatic N) is 2. The largest absolute Gasteiger partial charge is 0.469 e. The van der Waals surface area contributed by atoms with Crippen molar-refractivity contribution < 1.29 is 14.5 Å². The van der Waals surface area contributed by atoms with Crippen LogP contribution in [0.2, 0.25) is 0 Å². The molecule has 0 heterocycles. The van der Waals surface area contributed by atoms with Crippen LogP contribution in [0.25, 0.3) is 0 Å². The molecule has 0 fully saturated rings. The number of methoxy groups -OCH3 is 1. The number of non-ortho nitro benzene ring substituents is 1. The molecule has 1 aromatic carbocycles. The summed E-state index contributed by atoms with van der Waals surface area (Å²) in [4.78, 5) is 23.0. The Morgan fingerprint density at radius 2 is 2.00 bits per heavy atom. The topological polar surface area (TPSA) is 72.7 Å². The lowest BCUT2D eigenvalue weighted by atomic mass is 10.2. The predicted octanol–water partition coefficient (Wildman–Crippen LogP) is 1.59. The molecule has 1 aromatic rings. The Morgan fingerprint density at radius 1 is 1.39 bits per heavy atom. The molecule has 0 aliphatic carbocycles. The first-order valence-electron chi connectivity index (χ1n) is 5.51. The van der Waals surface area contributed by atoms with E-state index >= 15 is 0 Å². The minimum atomic E-state index is -0.426. The van der Waals surface area contributed by atoms with E-state index in [4.69, 9.17) is 0 Å². The van der Waals surface area contributed by atoms with Gasteiger partial charge in [0.25, 0.3) is 5.69 Å². The highest BCUT2D eigenvalue weighted by Gasteiger charge is 2.07. The highest BCUT2D eigenvalue weighted by molar-refractivity contribution is 5.69. The molecule has 0 N–H and O–H groups in total. The smallest absolute Gasteiger partial charge is 0.306 e. The van der Waals surface area contributed by atoms with Gasteiger partial charge in [-0.15, -0.1) is 0 Å². The van der Waals surface area contributed by atoms with Crippen molar-refractivity contribution in [3.05, 3.63) is 39.9 Å². The molecule has 0 atom stereocenters. The minimum absolute atomic E-state index is 0.0796. The van der Waals surface area contributed by atoms with Crippen molar-refractivity contribution in [2.45, 2.75) is 13.0 Å². The standard InChI is InChI=1S/C12H16N2O4/c1-13(8-7-12(15)18-2)9-10-3-5-11(6-4-10)14(16)17/h3-6H,7-9H2,1-2H3. The van der Waals surface area contributed by atoms with E-state index in [0.29, 0.717) is 19.5 Å². The second-order valence-corrected chi connectivity index (χ2v) is 3.99. The molecule has 0 radical (unpaired) electrons. The van der Waals surface area contributed by atoms with Gasteiger partial charge in [-0.1, -0.05) is 12.1 Å². The van der Waals surface area contributed by atoms with Crippen molar-refractivity contribution in [2.75, 3.05) is 20.7 Å². The maximum Gasteiger partial charge on any atom is 0.306 e. The normalized spacial score (nSPS) is 10.4. The highest BCUT2D eigenvalue weighted by atomic mass is 16.6. The summed E-state index contributed by atoms with van der Waals surface area (Å²) in [6.45, 7) is 1.22. The van der Waals surface area contributed by atoms with Crippen molar-refractivity contribution in [2.24, 2.45) is 0 Å². The van der Waals surface area contributed by atoms with Crippen LogP contribution in [0.15, 0.2) is 24.3 Å². The van der Waals surface area contributed by atoms with Gasteiger partial charge in [-0.3, -0.25) is 14.9 Å². The van der Waals surface area contributed by atoms with Crippen LogP contribution in [0.3, 0.4) is 0 Å². The SMILES string of the molecule is COC(=O)CCN(C)Cc1ccc([N+](=O)[O-])cc1.